The zero-order valence-corrected chi connectivity index (χ0v) is 19.9. The highest BCUT2D eigenvalue weighted by atomic mass is 16.1. The van der Waals surface area contributed by atoms with Gasteiger partial charge in [0.1, 0.15) is 0 Å². The van der Waals surface area contributed by atoms with Crippen molar-refractivity contribution in [3.05, 3.63) is 81.3 Å². The van der Waals surface area contributed by atoms with Gasteiger partial charge in [0.15, 0.2) is 5.78 Å². The third kappa shape index (κ3) is 3.58. The molecular formula is C29H31N3O2. The van der Waals surface area contributed by atoms with Crippen molar-refractivity contribution in [2.75, 3.05) is 0 Å². The van der Waals surface area contributed by atoms with Gasteiger partial charge in [-0.1, -0.05) is 12.1 Å². The molecule has 3 aromatic rings. The SMILES string of the molecule is CC(=O)c1ccc(N=Cc2c(C)[nH]n(-c3ccc(C45CC6CC(CC(C6)C4)C5)cc3)c2=O)cc1. The Labute approximate surface area is 199 Å². The van der Waals surface area contributed by atoms with Crippen LogP contribution in [0.25, 0.3) is 5.69 Å². The second-order valence-corrected chi connectivity index (χ2v) is 10.9. The van der Waals surface area contributed by atoms with Gasteiger partial charge in [0.05, 0.1) is 16.9 Å². The first-order chi connectivity index (χ1) is 16.4. The summed E-state index contributed by atoms with van der Waals surface area (Å²) in [6.07, 6.45) is 9.96. The number of aliphatic imine (C=N–C) groups is 1. The molecule has 0 atom stereocenters. The Balaban J connectivity index is 1.25. The first-order valence-electron chi connectivity index (χ1n) is 12.5. The number of hydrogen-bond donors (Lipinski definition) is 1. The van der Waals surface area contributed by atoms with E-state index in [0.29, 0.717) is 22.2 Å². The van der Waals surface area contributed by atoms with Gasteiger partial charge in [-0.2, -0.15) is 0 Å². The number of ketones is 1. The summed E-state index contributed by atoms with van der Waals surface area (Å²) in [5, 5.41) is 3.21. The van der Waals surface area contributed by atoms with Gasteiger partial charge in [0, 0.05) is 17.5 Å². The Morgan fingerprint density at radius 2 is 1.56 bits per heavy atom. The molecule has 4 bridgehead atoms. The molecule has 0 amide bonds. The Kier molecular flexibility index (Phi) is 4.98. The molecule has 0 unspecified atom stereocenters. The average Bonchev–Trinajstić information content (AvgIpc) is 3.10. The number of carbonyl (C=O) groups is 1. The summed E-state index contributed by atoms with van der Waals surface area (Å²) in [6.45, 7) is 3.43. The van der Waals surface area contributed by atoms with Crippen LogP contribution >= 0.6 is 0 Å². The second kappa shape index (κ2) is 7.93. The minimum atomic E-state index is -0.107. The molecular weight excluding hydrogens is 422 g/mol. The number of hydrogen-bond acceptors (Lipinski definition) is 3. The minimum absolute atomic E-state index is 0.0223. The highest BCUT2D eigenvalue weighted by Crippen LogP contribution is 2.60. The number of aromatic amines is 1. The Morgan fingerprint density at radius 3 is 2.12 bits per heavy atom. The number of aryl methyl sites for hydroxylation is 1. The molecule has 4 aliphatic rings. The van der Waals surface area contributed by atoms with Gasteiger partial charge in [-0.3, -0.25) is 19.7 Å². The molecule has 7 rings (SSSR count). The molecule has 0 spiro atoms. The lowest BCUT2D eigenvalue weighted by molar-refractivity contribution is -0.00518. The minimum Gasteiger partial charge on any atom is -0.295 e. The third-order valence-corrected chi connectivity index (χ3v) is 8.51. The van der Waals surface area contributed by atoms with Crippen LogP contribution in [-0.4, -0.2) is 21.8 Å². The summed E-state index contributed by atoms with van der Waals surface area (Å²) in [5.74, 6) is 2.77. The fourth-order valence-electron chi connectivity index (χ4n) is 7.24. The molecule has 5 heteroatoms. The number of aromatic nitrogens is 2. The highest BCUT2D eigenvalue weighted by molar-refractivity contribution is 5.94. The Hall–Kier alpha value is -3.21. The van der Waals surface area contributed by atoms with Crippen molar-refractivity contribution < 1.29 is 4.79 Å². The summed E-state index contributed by atoms with van der Waals surface area (Å²) in [7, 11) is 0. The van der Waals surface area contributed by atoms with Crippen molar-refractivity contribution in [1.29, 1.82) is 0 Å². The molecule has 0 radical (unpaired) electrons. The first kappa shape index (κ1) is 21.3. The van der Waals surface area contributed by atoms with Gasteiger partial charge in [-0.15, -0.1) is 0 Å². The summed E-state index contributed by atoms with van der Waals surface area (Å²) in [4.78, 5) is 29.1. The maximum atomic E-state index is 13.2. The Bertz CT molecular complexity index is 1290. The number of nitrogens with one attached hydrogen (secondary N) is 1. The third-order valence-electron chi connectivity index (χ3n) is 8.51. The molecule has 34 heavy (non-hydrogen) atoms. The zero-order chi connectivity index (χ0) is 23.4. The first-order valence-corrected chi connectivity index (χ1v) is 12.5. The number of benzene rings is 2. The smallest absolute Gasteiger partial charge is 0.280 e. The van der Waals surface area contributed by atoms with Gasteiger partial charge in [0.25, 0.3) is 5.56 Å². The average molecular weight is 454 g/mol. The fraction of sp³-hybridized carbons (Fsp3) is 0.414. The standard InChI is InChI=1S/C29H31N3O2/c1-18-27(17-30-25-7-3-23(4-8-25)19(2)33)28(34)32(31-18)26-9-5-24(6-10-26)29-14-20-11-21(15-29)13-22(12-20)16-29/h3-10,17,20-22,31H,11-16H2,1-2H3. The number of carbonyl (C=O) groups excluding carboxylic acids is 1. The van der Waals surface area contributed by atoms with E-state index in [2.05, 4.69) is 34.4 Å². The van der Waals surface area contributed by atoms with Crippen molar-refractivity contribution in [2.24, 2.45) is 22.7 Å². The zero-order valence-electron chi connectivity index (χ0n) is 19.9. The van der Waals surface area contributed by atoms with Gasteiger partial charge in [-0.05, 0) is 118 Å². The maximum Gasteiger partial charge on any atom is 0.280 e. The van der Waals surface area contributed by atoms with Crippen molar-refractivity contribution in [3.8, 4) is 5.69 Å². The summed E-state index contributed by atoms with van der Waals surface area (Å²) in [5.41, 5.74) is 5.24. The monoisotopic (exact) mass is 453 g/mol. The quantitative estimate of drug-likeness (QED) is 0.386. The van der Waals surface area contributed by atoms with E-state index in [9.17, 15) is 9.59 Å². The van der Waals surface area contributed by atoms with Crippen molar-refractivity contribution in [2.45, 2.75) is 57.8 Å². The molecule has 4 saturated carbocycles. The lowest BCUT2D eigenvalue weighted by Gasteiger charge is -2.57. The number of nitrogens with zero attached hydrogens (tertiary/aromatic N) is 2. The van der Waals surface area contributed by atoms with E-state index in [1.54, 1.807) is 42.1 Å². The van der Waals surface area contributed by atoms with E-state index < -0.39 is 0 Å². The van der Waals surface area contributed by atoms with Crippen LogP contribution in [0.2, 0.25) is 0 Å². The highest BCUT2D eigenvalue weighted by Gasteiger charge is 2.51. The fourth-order valence-corrected chi connectivity index (χ4v) is 7.24. The van der Waals surface area contributed by atoms with E-state index >= 15 is 0 Å². The second-order valence-electron chi connectivity index (χ2n) is 10.9. The molecule has 4 fully saturated rings. The molecule has 0 aliphatic heterocycles. The van der Waals surface area contributed by atoms with Crippen molar-refractivity contribution >= 4 is 17.7 Å². The molecule has 0 saturated heterocycles. The normalized spacial score (nSPS) is 27.5. The summed E-state index contributed by atoms with van der Waals surface area (Å²) in [6, 6.07) is 15.8. The lowest BCUT2D eigenvalue weighted by atomic mass is 9.48. The summed E-state index contributed by atoms with van der Waals surface area (Å²) >= 11 is 0. The topological polar surface area (TPSA) is 67.2 Å². The van der Waals surface area contributed by atoms with Crippen LogP contribution in [-0.2, 0) is 5.41 Å². The molecule has 174 valence electrons. The van der Waals surface area contributed by atoms with Crippen molar-refractivity contribution in [1.82, 2.24) is 9.78 Å². The van der Waals surface area contributed by atoms with E-state index in [1.807, 2.05) is 6.92 Å². The van der Waals surface area contributed by atoms with Crippen LogP contribution in [0.15, 0.2) is 58.3 Å². The van der Waals surface area contributed by atoms with Crippen LogP contribution in [0, 0.1) is 24.7 Å². The molecule has 1 N–H and O–H groups in total. The predicted molar refractivity (Wildman–Crippen MR) is 135 cm³/mol. The number of rotatable bonds is 5. The van der Waals surface area contributed by atoms with Crippen LogP contribution in [0.5, 0.6) is 0 Å². The van der Waals surface area contributed by atoms with E-state index in [-0.39, 0.29) is 11.3 Å². The molecule has 1 heterocycles. The van der Waals surface area contributed by atoms with Crippen LogP contribution in [0.1, 0.15) is 72.6 Å². The van der Waals surface area contributed by atoms with Crippen molar-refractivity contribution in [3.63, 3.8) is 0 Å². The van der Waals surface area contributed by atoms with Gasteiger partial charge >= 0.3 is 0 Å². The van der Waals surface area contributed by atoms with Gasteiger partial charge in [-0.25, -0.2) is 4.68 Å². The largest absolute Gasteiger partial charge is 0.295 e. The lowest BCUT2D eigenvalue weighted by Crippen LogP contribution is -2.48. The van der Waals surface area contributed by atoms with Crippen LogP contribution in [0.4, 0.5) is 5.69 Å². The van der Waals surface area contributed by atoms with Gasteiger partial charge < -0.3 is 0 Å². The van der Waals surface area contributed by atoms with Gasteiger partial charge in [0.2, 0.25) is 0 Å². The Morgan fingerprint density at radius 1 is 0.971 bits per heavy atom. The number of H-pyrrole nitrogens is 1. The predicted octanol–water partition coefficient (Wildman–Crippen LogP) is 5.90. The molecule has 1 aromatic heterocycles. The van der Waals surface area contributed by atoms with E-state index in [4.69, 9.17) is 0 Å². The molecule has 4 aliphatic carbocycles. The van der Waals surface area contributed by atoms with Crippen LogP contribution in [0.3, 0.4) is 0 Å². The van der Waals surface area contributed by atoms with E-state index in [1.165, 1.54) is 44.1 Å². The summed E-state index contributed by atoms with van der Waals surface area (Å²) < 4.78 is 1.61. The maximum absolute atomic E-state index is 13.2. The van der Waals surface area contributed by atoms with E-state index in [0.717, 1.165) is 29.1 Å². The molecule has 5 nitrogen and oxygen atoms in total. The number of Topliss-reactive ketones (excluding diaryl/α,β-unsaturated/α-hetero) is 1. The molecule has 2 aromatic carbocycles. The van der Waals surface area contributed by atoms with Crippen LogP contribution < -0.4 is 5.56 Å².